The summed E-state index contributed by atoms with van der Waals surface area (Å²) in [7, 11) is 0. The van der Waals surface area contributed by atoms with E-state index in [1.807, 2.05) is 24.3 Å². The molecule has 0 bridgehead atoms. The maximum Gasteiger partial charge on any atom is 0.0991 e. The quantitative estimate of drug-likeness (QED) is 0.606. The minimum atomic E-state index is 0.724. The topological polar surface area (TPSA) is 23.8 Å². The van der Waals surface area contributed by atoms with Crippen molar-refractivity contribution >= 4 is 6.08 Å². The van der Waals surface area contributed by atoms with Gasteiger partial charge in [-0.1, -0.05) is 56.9 Å². The number of allylic oxidation sites excluding steroid dienone is 1. The van der Waals surface area contributed by atoms with Gasteiger partial charge in [-0.2, -0.15) is 5.26 Å². The molecule has 90 valence electrons. The van der Waals surface area contributed by atoms with Crippen LogP contribution >= 0.6 is 0 Å². The number of nitrogens with zero attached hydrogens (tertiary/aromatic N) is 1. The van der Waals surface area contributed by atoms with Gasteiger partial charge in [-0.15, -0.1) is 0 Å². The second-order valence-electron chi connectivity index (χ2n) is 4.34. The average Bonchev–Trinajstić information content (AvgIpc) is 2.38. The molecule has 1 aromatic carbocycles. The van der Waals surface area contributed by atoms with Gasteiger partial charge in [0.05, 0.1) is 11.6 Å². The van der Waals surface area contributed by atoms with Crippen LogP contribution in [-0.2, 0) is 0 Å². The summed E-state index contributed by atoms with van der Waals surface area (Å²) in [6.45, 7) is 2.24. The Morgan fingerprint density at radius 2 is 1.76 bits per heavy atom. The van der Waals surface area contributed by atoms with Crippen molar-refractivity contribution in [3.63, 3.8) is 0 Å². The molecule has 0 fully saturated rings. The highest BCUT2D eigenvalue weighted by Gasteiger charge is 1.90. The molecule has 0 atom stereocenters. The largest absolute Gasteiger partial charge is 0.192 e. The molecule has 0 amide bonds. The van der Waals surface area contributed by atoms with Crippen LogP contribution < -0.4 is 0 Å². The predicted octanol–water partition coefficient (Wildman–Crippen LogP) is 4.93. The van der Waals surface area contributed by atoms with Crippen molar-refractivity contribution < 1.29 is 0 Å². The molecular formula is C16H21N. The van der Waals surface area contributed by atoms with E-state index in [1.165, 1.54) is 37.7 Å². The van der Waals surface area contributed by atoms with E-state index in [1.54, 1.807) is 0 Å². The SMILES string of the molecule is CCCCCCC/C=C/c1ccc(C#N)cc1. The Kier molecular flexibility index (Phi) is 6.82. The summed E-state index contributed by atoms with van der Waals surface area (Å²) in [5.41, 5.74) is 1.90. The van der Waals surface area contributed by atoms with Crippen molar-refractivity contribution in [3.8, 4) is 6.07 Å². The Bertz CT molecular complexity index is 368. The van der Waals surface area contributed by atoms with Crippen molar-refractivity contribution in [2.75, 3.05) is 0 Å². The van der Waals surface area contributed by atoms with Gasteiger partial charge in [0, 0.05) is 0 Å². The molecule has 0 heterocycles. The molecule has 0 aliphatic rings. The van der Waals surface area contributed by atoms with Crippen LogP contribution in [0.4, 0.5) is 0 Å². The summed E-state index contributed by atoms with van der Waals surface area (Å²) in [6, 6.07) is 9.83. The smallest absolute Gasteiger partial charge is 0.0991 e. The molecule has 0 saturated heterocycles. The molecule has 0 radical (unpaired) electrons. The fourth-order valence-electron chi connectivity index (χ4n) is 1.75. The monoisotopic (exact) mass is 227 g/mol. The fourth-order valence-corrected chi connectivity index (χ4v) is 1.75. The van der Waals surface area contributed by atoms with Crippen LogP contribution in [-0.4, -0.2) is 0 Å². The lowest BCUT2D eigenvalue weighted by molar-refractivity contribution is 0.638. The summed E-state index contributed by atoms with van der Waals surface area (Å²) in [5.74, 6) is 0. The van der Waals surface area contributed by atoms with E-state index >= 15 is 0 Å². The summed E-state index contributed by atoms with van der Waals surface area (Å²) >= 11 is 0. The first-order chi connectivity index (χ1) is 8.36. The molecule has 0 saturated carbocycles. The molecule has 0 unspecified atom stereocenters. The van der Waals surface area contributed by atoms with Gasteiger partial charge in [-0.05, 0) is 30.5 Å². The van der Waals surface area contributed by atoms with E-state index in [-0.39, 0.29) is 0 Å². The molecule has 0 aliphatic heterocycles. The molecule has 1 aromatic rings. The van der Waals surface area contributed by atoms with Crippen LogP contribution in [0.15, 0.2) is 30.3 Å². The Labute approximate surface area is 105 Å². The number of unbranched alkanes of at least 4 members (excludes halogenated alkanes) is 5. The van der Waals surface area contributed by atoms with Gasteiger partial charge in [0.25, 0.3) is 0 Å². The van der Waals surface area contributed by atoms with Crippen molar-refractivity contribution in [1.82, 2.24) is 0 Å². The van der Waals surface area contributed by atoms with Crippen molar-refractivity contribution in [2.24, 2.45) is 0 Å². The van der Waals surface area contributed by atoms with Crippen LogP contribution in [0.3, 0.4) is 0 Å². The summed E-state index contributed by atoms with van der Waals surface area (Å²) in [5, 5.41) is 8.68. The number of rotatable bonds is 7. The maximum absolute atomic E-state index is 8.68. The molecule has 1 rings (SSSR count). The lowest BCUT2D eigenvalue weighted by atomic mass is 10.1. The third-order valence-corrected chi connectivity index (χ3v) is 2.82. The molecule has 17 heavy (non-hydrogen) atoms. The number of benzene rings is 1. The van der Waals surface area contributed by atoms with Crippen LogP contribution in [0.25, 0.3) is 6.08 Å². The zero-order chi connectivity index (χ0) is 12.3. The van der Waals surface area contributed by atoms with E-state index in [2.05, 4.69) is 25.1 Å². The van der Waals surface area contributed by atoms with Crippen LogP contribution in [0.1, 0.15) is 56.6 Å². The van der Waals surface area contributed by atoms with Crippen molar-refractivity contribution in [2.45, 2.75) is 45.4 Å². The first kappa shape index (κ1) is 13.5. The van der Waals surface area contributed by atoms with E-state index < -0.39 is 0 Å². The van der Waals surface area contributed by atoms with Crippen molar-refractivity contribution in [1.29, 1.82) is 5.26 Å². The first-order valence-corrected chi connectivity index (χ1v) is 6.53. The molecular weight excluding hydrogens is 206 g/mol. The number of nitriles is 1. The van der Waals surface area contributed by atoms with E-state index in [4.69, 9.17) is 5.26 Å². The Morgan fingerprint density at radius 1 is 1.06 bits per heavy atom. The summed E-state index contributed by atoms with van der Waals surface area (Å²) < 4.78 is 0. The van der Waals surface area contributed by atoms with E-state index in [0.717, 1.165) is 12.0 Å². The molecule has 1 nitrogen and oxygen atoms in total. The van der Waals surface area contributed by atoms with E-state index in [0.29, 0.717) is 0 Å². The lowest BCUT2D eigenvalue weighted by Gasteiger charge is -1.96. The third kappa shape index (κ3) is 5.92. The minimum absolute atomic E-state index is 0.724. The van der Waals surface area contributed by atoms with Gasteiger partial charge in [0.2, 0.25) is 0 Å². The molecule has 0 aliphatic carbocycles. The van der Waals surface area contributed by atoms with Gasteiger partial charge < -0.3 is 0 Å². The zero-order valence-corrected chi connectivity index (χ0v) is 10.7. The van der Waals surface area contributed by atoms with Crippen LogP contribution in [0, 0.1) is 11.3 Å². The van der Waals surface area contributed by atoms with Crippen LogP contribution in [0.5, 0.6) is 0 Å². The highest BCUT2D eigenvalue weighted by Crippen LogP contribution is 2.09. The second kappa shape index (κ2) is 8.58. The van der Waals surface area contributed by atoms with Crippen LogP contribution in [0.2, 0.25) is 0 Å². The average molecular weight is 227 g/mol. The number of hydrogen-bond donors (Lipinski definition) is 0. The Hall–Kier alpha value is -1.55. The lowest BCUT2D eigenvalue weighted by Crippen LogP contribution is -1.77. The number of hydrogen-bond acceptors (Lipinski definition) is 1. The molecule has 1 heteroatoms. The Balaban J connectivity index is 2.21. The summed E-state index contributed by atoms with van der Waals surface area (Å²) in [6.07, 6.45) is 12.2. The fraction of sp³-hybridized carbons (Fsp3) is 0.438. The minimum Gasteiger partial charge on any atom is -0.192 e. The van der Waals surface area contributed by atoms with Crippen molar-refractivity contribution in [3.05, 3.63) is 41.5 Å². The molecule has 0 N–H and O–H groups in total. The van der Waals surface area contributed by atoms with Gasteiger partial charge >= 0.3 is 0 Å². The van der Waals surface area contributed by atoms with Gasteiger partial charge in [0.15, 0.2) is 0 Å². The van der Waals surface area contributed by atoms with Gasteiger partial charge in [-0.3, -0.25) is 0 Å². The predicted molar refractivity (Wildman–Crippen MR) is 73.6 cm³/mol. The van der Waals surface area contributed by atoms with Gasteiger partial charge in [0.1, 0.15) is 0 Å². The normalized spacial score (nSPS) is 10.6. The summed E-state index contributed by atoms with van der Waals surface area (Å²) in [4.78, 5) is 0. The third-order valence-electron chi connectivity index (χ3n) is 2.82. The zero-order valence-electron chi connectivity index (χ0n) is 10.7. The second-order valence-corrected chi connectivity index (χ2v) is 4.34. The Morgan fingerprint density at radius 3 is 2.41 bits per heavy atom. The van der Waals surface area contributed by atoms with E-state index in [9.17, 15) is 0 Å². The first-order valence-electron chi connectivity index (χ1n) is 6.53. The molecule has 0 aromatic heterocycles. The highest BCUT2D eigenvalue weighted by atomic mass is 14.2. The highest BCUT2D eigenvalue weighted by molar-refractivity contribution is 5.50. The maximum atomic E-state index is 8.68. The molecule has 0 spiro atoms. The standard InChI is InChI=1S/C16H21N/c1-2-3-4-5-6-7-8-9-15-10-12-16(14-17)13-11-15/h8-13H,2-7H2,1H3/b9-8+. The van der Waals surface area contributed by atoms with Gasteiger partial charge in [-0.25, -0.2) is 0 Å².